The lowest BCUT2D eigenvalue weighted by molar-refractivity contribution is 0.0892. The molecule has 32 heavy (non-hydrogen) atoms. The molecule has 1 atom stereocenters. The monoisotopic (exact) mass is 449 g/mol. The van der Waals surface area contributed by atoms with Crippen LogP contribution in [0.1, 0.15) is 53.7 Å². The lowest BCUT2D eigenvalue weighted by Crippen LogP contribution is -2.40. The number of carbonyl (C=O) groups excluding carboxylic acids is 1. The zero-order valence-corrected chi connectivity index (χ0v) is 19.6. The van der Waals surface area contributed by atoms with Crippen LogP contribution in [0, 0.1) is 5.92 Å². The van der Waals surface area contributed by atoms with Gasteiger partial charge in [-0.3, -0.25) is 14.7 Å². The molecule has 1 aromatic carbocycles. The van der Waals surface area contributed by atoms with E-state index in [9.17, 15) is 4.79 Å². The number of ether oxygens (including phenoxy) is 1. The van der Waals surface area contributed by atoms with Crippen molar-refractivity contribution in [2.24, 2.45) is 5.92 Å². The maximum atomic E-state index is 12.8. The van der Waals surface area contributed by atoms with Gasteiger partial charge in [0.25, 0.3) is 5.91 Å². The van der Waals surface area contributed by atoms with Crippen molar-refractivity contribution in [3.05, 3.63) is 82.3 Å². The van der Waals surface area contributed by atoms with Gasteiger partial charge < -0.3 is 10.1 Å². The molecular formula is C26H31N3O2S. The number of likely N-dealkylation sites (tertiary alicyclic amines) is 1. The van der Waals surface area contributed by atoms with E-state index in [1.54, 1.807) is 6.20 Å². The van der Waals surface area contributed by atoms with Gasteiger partial charge in [0.15, 0.2) is 0 Å². The Kier molecular flexibility index (Phi) is 7.55. The highest BCUT2D eigenvalue weighted by atomic mass is 32.1. The predicted molar refractivity (Wildman–Crippen MR) is 129 cm³/mol. The first-order chi connectivity index (χ1) is 15.6. The standard InChI is InChI=1S/C26H31N3O2S/c1-19(2)31-22-8-5-7-20(17-22)18-29-14-11-21(12-15-29)25(23-9-3-4-13-27-23)28-26(30)24-10-6-16-32-24/h3-10,13,16-17,19,21,25H,11-12,14-15,18H2,1-2H3,(H,28,30)/t25-/m1/s1. The highest BCUT2D eigenvalue weighted by Gasteiger charge is 2.30. The Morgan fingerprint density at radius 3 is 2.69 bits per heavy atom. The van der Waals surface area contributed by atoms with Crippen LogP contribution in [-0.2, 0) is 6.54 Å². The molecule has 4 rings (SSSR count). The van der Waals surface area contributed by atoms with Crippen molar-refractivity contribution in [2.45, 2.75) is 45.4 Å². The first-order valence-corrected chi connectivity index (χ1v) is 12.2. The molecule has 0 aliphatic carbocycles. The molecule has 1 N–H and O–H groups in total. The summed E-state index contributed by atoms with van der Waals surface area (Å²) in [7, 11) is 0. The molecular weight excluding hydrogens is 418 g/mol. The summed E-state index contributed by atoms with van der Waals surface area (Å²) in [6.07, 6.45) is 4.03. The lowest BCUT2D eigenvalue weighted by atomic mass is 9.87. The Labute approximate surface area is 194 Å². The topological polar surface area (TPSA) is 54.5 Å². The van der Waals surface area contributed by atoms with Gasteiger partial charge in [0.1, 0.15) is 5.75 Å². The molecule has 1 fully saturated rings. The van der Waals surface area contributed by atoms with E-state index in [1.165, 1.54) is 16.9 Å². The van der Waals surface area contributed by atoms with Crippen LogP contribution in [0.3, 0.4) is 0 Å². The first-order valence-electron chi connectivity index (χ1n) is 11.3. The number of pyridine rings is 1. The number of carbonyl (C=O) groups is 1. The number of thiophene rings is 1. The van der Waals surface area contributed by atoms with Crippen LogP contribution in [0.25, 0.3) is 0 Å². The Bertz CT molecular complexity index is 983. The van der Waals surface area contributed by atoms with Gasteiger partial charge in [-0.25, -0.2) is 0 Å². The SMILES string of the molecule is CC(C)Oc1cccc(CN2CCC([C@@H](NC(=O)c3cccs3)c3ccccn3)CC2)c1. The Morgan fingerprint density at radius 1 is 1.16 bits per heavy atom. The third-order valence-electron chi connectivity index (χ3n) is 5.82. The molecule has 1 aliphatic rings. The van der Waals surface area contributed by atoms with Crippen LogP contribution >= 0.6 is 11.3 Å². The maximum Gasteiger partial charge on any atom is 0.261 e. The van der Waals surface area contributed by atoms with Crippen molar-refractivity contribution in [3.63, 3.8) is 0 Å². The summed E-state index contributed by atoms with van der Waals surface area (Å²) in [6.45, 7) is 7.01. The Hall–Kier alpha value is -2.70. The minimum atomic E-state index is -0.0734. The molecule has 0 spiro atoms. The zero-order valence-electron chi connectivity index (χ0n) is 18.7. The van der Waals surface area contributed by atoms with Crippen LogP contribution in [0.5, 0.6) is 5.75 Å². The average molecular weight is 450 g/mol. The minimum absolute atomic E-state index is 0.0138. The van der Waals surface area contributed by atoms with Crippen molar-refractivity contribution >= 4 is 17.2 Å². The van der Waals surface area contributed by atoms with E-state index in [4.69, 9.17) is 4.74 Å². The van der Waals surface area contributed by atoms with Crippen molar-refractivity contribution in [1.82, 2.24) is 15.2 Å². The highest BCUT2D eigenvalue weighted by molar-refractivity contribution is 7.12. The molecule has 1 aliphatic heterocycles. The van der Waals surface area contributed by atoms with E-state index in [1.807, 2.05) is 55.6 Å². The van der Waals surface area contributed by atoms with Gasteiger partial charge in [-0.15, -0.1) is 11.3 Å². The van der Waals surface area contributed by atoms with Crippen LogP contribution in [-0.4, -0.2) is 35.0 Å². The quantitative estimate of drug-likeness (QED) is 0.506. The molecule has 0 radical (unpaired) electrons. The molecule has 3 aromatic rings. The second-order valence-corrected chi connectivity index (χ2v) is 9.56. The summed E-state index contributed by atoms with van der Waals surface area (Å²) in [5, 5.41) is 5.20. The predicted octanol–water partition coefficient (Wildman–Crippen LogP) is 5.31. The van der Waals surface area contributed by atoms with Gasteiger partial charge in [0, 0.05) is 12.7 Å². The van der Waals surface area contributed by atoms with Crippen molar-refractivity contribution in [3.8, 4) is 5.75 Å². The van der Waals surface area contributed by atoms with Crippen LogP contribution in [0.4, 0.5) is 0 Å². The van der Waals surface area contributed by atoms with Gasteiger partial charge >= 0.3 is 0 Å². The molecule has 2 aromatic heterocycles. The number of nitrogens with zero attached hydrogens (tertiary/aromatic N) is 2. The van der Waals surface area contributed by atoms with E-state index in [-0.39, 0.29) is 18.1 Å². The van der Waals surface area contributed by atoms with E-state index in [0.29, 0.717) is 5.92 Å². The molecule has 168 valence electrons. The van der Waals surface area contributed by atoms with Gasteiger partial charge in [0.2, 0.25) is 0 Å². The number of piperidine rings is 1. The number of benzene rings is 1. The molecule has 0 saturated carbocycles. The molecule has 6 heteroatoms. The molecule has 0 unspecified atom stereocenters. The normalized spacial score (nSPS) is 16.1. The molecule has 0 bridgehead atoms. The number of aromatic nitrogens is 1. The van der Waals surface area contributed by atoms with E-state index < -0.39 is 0 Å². The number of hydrogen-bond acceptors (Lipinski definition) is 5. The Balaban J connectivity index is 1.39. The van der Waals surface area contributed by atoms with E-state index >= 15 is 0 Å². The second kappa shape index (κ2) is 10.7. The Morgan fingerprint density at radius 2 is 2.00 bits per heavy atom. The van der Waals surface area contributed by atoms with Gasteiger partial charge in [-0.2, -0.15) is 0 Å². The zero-order chi connectivity index (χ0) is 22.3. The van der Waals surface area contributed by atoms with Crippen molar-refractivity contribution in [2.75, 3.05) is 13.1 Å². The first kappa shape index (κ1) is 22.5. The van der Waals surface area contributed by atoms with Gasteiger partial charge in [0.05, 0.1) is 22.7 Å². The van der Waals surface area contributed by atoms with E-state index in [2.05, 4.69) is 33.4 Å². The minimum Gasteiger partial charge on any atom is -0.491 e. The third-order valence-corrected chi connectivity index (χ3v) is 6.69. The molecule has 3 heterocycles. The van der Waals surface area contributed by atoms with Gasteiger partial charge in [-0.1, -0.05) is 24.3 Å². The average Bonchev–Trinajstić information content (AvgIpc) is 3.34. The highest BCUT2D eigenvalue weighted by Crippen LogP contribution is 2.31. The summed E-state index contributed by atoms with van der Waals surface area (Å²) in [5.74, 6) is 1.28. The summed E-state index contributed by atoms with van der Waals surface area (Å²) < 4.78 is 5.84. The van der Waals surface area contributed by atoms with E-state index in [0.717, 1.165) is 48.8 Å². The van der Waals surface area contributed by atoms with Crippen molar-refractivity contribution < 1.29 is 9.53 Å². The fraction of sp³-hybridized carbons (Fsp3) is 0.385. The fourth-order valence-corrected chi connectivity index (χ4v) is 4.93. The fourth-order valence-electron chi connectivity index (χ4n) is 4.31. The summed E-state index contributed by atoms with van der Waals surface area (Å²) in [6, 6.07) is 18.0. The molecule has 5 nitrogen and oxygen atoms in total. The molecule has 1 amide bonds. The number of nitrogens with one attached hydrogen (secondary N) is 1. The number of amides is 1. The van der Waals surface area contributed by atoms with Crippen LogP contribution < -0.4 is 10.1 Å². The van der Waals surface area contributed by atoms with Crippen LogP contribution in [0.15, 0.2) is 66.2 Å². The van der Waals surface area contributed by atoms with Crippen molar-refractivity contribution in [1.29, 1.82) is 0 Å². The summed E-state index contributed by atoms with van der Waals surface area (Å²) in [5.41, 5.74) is 2.21. The molecule has 1 saturated heterocycles. The summed E-state index contributed by atoms with van der Waals surface area (Å²) >= 11 is 1.47. The van der Waals surface area contributed by atoms with Crippen LogP contribution in [0.2, 0.25) is 0 Å². The van der Waals surface area contributed by atoms with Gasteiger partial charge in [-0.05, 0) is 87.0 Å². The third kappa shape index (κ3) is 5.96. The smallest absolute Gasteiger partial charge is 0.261 e. The number of rotatable bonds is 8. The largest absolute Gasteiger partial charge is 0.491 e. The lowest BCUT2D eigenvalue weighted by Gasteiger charge is -2.36. The second-order valence-electron chi connectivity index (χ2n) is 8.61. The number of hydrogen-bond donors (Lipinski definition) is 1. The summed E-state index contributed by atoms with van der Waals surface area (Å²) in [4.78, 5) is 20.6. The maximum absolute atomic E-state index is 12.8.